The minimum Gasteiger partial charge on any atom is -0.508 e. The summed E-state index contributed by atoms with van der Waals surface area (Å²) in [6.07, 6.45) is -1.13. The van der Waals surface area contributed by atoms with Crippen LogP contribution in [0.25, 0.3) is 10.4 Å². The monoisotopic (exact) mass is 555 g/mol. The Labute approximate surface area is 228 Å². The van der Waals surface area contributed by atoms with Crippen LogP contribution >= 0.6 is 0 Å². The number of ether oxygens (including phenoxy) is 2. The van der Waals surface area contributed by atoms with E-state index in [1.165, 1.54) is 24.3 Å². The molecule has 1 aliphatic rings. The molecule has 40 heavy (non-hydrogen) atoms. The molecule has 0 fully saturated rings. The topological polar surface area (TPSA) is 226 Å². The molecular formula is C27H29N3O10. The average molecular weight is 556 g/mol. The fourth-order valence-corrected chi connectivity index (χ4v) is 3.84. The molecule has 1 heterocycles. The zero-order valence-electron chi connectivity index (χ0n) is 21.6. The Morgan fingerprint density at radius 1 is 0.975 bits per heavy atom. The fourth-order valence-electron chi connectivity index (χ4n) is 3.84. The summed E-state index contributed by atoms with van der Waals surface area (Å²) in [6, 6.07) is 8.07. The Hall–Kier alpha value is -5.16. The third-order valence-corrected chi connectivity index (χ3v) is 5.93. The second-order valence-corrected chi connectivity index (χ2v) is 9.38. The summed E-state index contributed by atoms with van der Waals surface area (Å²) in [4.78, 5) is 15.3. The molecule has 0 aliphatic carbocycles. The van der Waals surface area contributed by atoms with Crippen LogP contribution in [0.4, 0.5) is 0 Å². The Bertz CT molecular complexity index is 1410. The Balaban J connectivity index is 0.000000482. The molecule has 0 radical (unpaired) electrons. The number of carbonyl (C=O) groups excluding carboxylic acids is 1. The van der Waals surface area contributed by atoms with Gasteiger partial charge in [0.15, 0.2) is 34.9 Å². The van der Waals surface area contributed by atoms with E-state index < -0.39 is 41.2 Å². The fraction of sp³-hybridized carbons (Fsp3) is 0.296. The molecular weight excluding hydrogens is 526 g/mol. The lowest BCUT2D eigenvalue weighted by Gasteiger charge is -2.34. The molecule has 13 nitrogen and oxygen atoms in total. The van der Waals surface area contributed by atoms with Crippen molar-refractivity contribution in [1.82, 2.24) is 0 Å². The number of hydrogen-bond donors (Lipinski definition) is 7. The highest BCUT2D eigenvalue weighted by molar-refractivity contribution is 5.91. The summed E-state index contributed by atoms with van der Waals surface area (Å²) < 4.78 is 11.4. The molecule has 2 atom stereocenters. The van der Waals surface area contributed by atoms with E-state index in [0.717, 1.165) is 24.6 Å². The predicted octanol–water partition coefficient (Wildman–Crippen LogP) is 4.87. The van der Waals surface area contributed by atoms with Crippen LogP contribution in [0.1, 0.15) is 47.9 Å². The second-order valence-electron chi connectivity index (χ2n) is 9.38. The van der Waals surface area contributed by atoms with Gasteiger partial charge in [0, 0.05) is 41.1 Å². The molecule has 212 valence electrons. The van der Waals surface area contributed by atoms with Crippen LogP contribution in [0.2, 0.25) is 0 Å². The van der Waals surface area contributed by atoms with Gasteiger partial charge in [-0.15, -0.1) is 0 Å². The van der Waals surface area contributed by atoms with Crippen LogP contribution in [0.15, 0.2) is 47.6 Å². The highest BCUT2D eigenvalue weighted by atomic mass is 16.6. The zero-order chi connectivity index (χ0) is 29.6. The smallest absolute Gasteiger partial charge is 0.338 e. The SMILES string of the molecule is CC(C)CCN=[N+]=[N-].O=C(O[C@@H]1Cc2c(O)cc(O)cc2O[C@@H]1c1ccc(O)c(O)c1)c1cc(O)c(O)c(O)c1. The number of azide groups is 1. The Morgan fingerprint density at radius 3 is 2.25 bits per heavy atom. The van der Waals surface area contributed by atoms with Crippen molar-refractivity contribution in [3.63, 3.8) is 0 Å². The highest BCUT2D eigenvalue weighted by Gasteiger charge is 2.37. The van der Waals surface area contributed by atoms with Gasteiger partial charge < -0.3 is 45.2 Å². The number of hydrogen-bond acceptors (Lipinski definition) is 11. The van der Waals surface area contributed by atoms with Crippen molar-refractivity contribution in [1.29, 1.82) is 0 Å². The van der Waals surface area contributed by atoms with Crippen LogP contribution in [0.5, 0.6) is 46.0 Å². The molecule has 0 aromatic heterocycles. The zero-order valence-corrected chi connectivity index (χ0v) is 21.6. The van der Waals surface area contributed by atoms with Gasteiger partial charge in [0.1, 0.15) is 23.4 Å². The minimum atomic E-state index is -1.06. The van der Waals surface area contributed by atoms with Crippen molar-refractivity contribution in [2.45, 2.75) is 38.9 Å². The number of phenols is 7. The van der Waals surface area contributed by atoms with Gasteiger partial charge in [-0.2, -0.15) is 0 Å². The van der Waals surface area contributed by atoms with E-state index in [-0.39, 0.29) is 40.5 Å². The van der Waals surface area contributed by atoms with Gasteiger partial charge in [-0.3, -0.25) is 0 Å². The maximum absolute atomic E-state index is 12.7. The molecule has 1 aliphatic heterocycles. The normalized spacial score (nSPS) is 15.6. The Morgan fingerprint density at radius 2 is 1.65 bits per heavy atom. The van der Waals surface area contributed by atoms with Gasteiger partial charge in [-0.05, 0) is 42.1 Å². The van der Waals surface area contributed by atoms with Crippen LogP contribution in [-0.2, 0) is 11.2 Å². The number of phenolic OH excluding ortho intramolecular Hbond substituents is 7. The van der Waals surface area contributed by atoms with Crippen LogP contribution < -0.4 is 4.74 Å². The quantitative estimate of drug-likeness (QED) is 0.0717. The van der Waals surface area contributed by atoms with Gasteiger partial charge >= 0.3 is 5.97 Å². The third-order valence-electron chi connectivity index (χ3n) is 5.93. The molecule has 3 aromatic rings. The van der Waals surface area contributed by atoms with Gasteiger partial charge in [0.05, 0.1) is 5.56 Å². The molecule has 4 rings (SSSR count). The molecule has 3 aromatic carbocycles. The van der Waals surface area contributed by atoms with Crippen LogP contribution in [-0.4, -0.2) is 54.4 Å². The molecule has 0 unspecified atom stereocenters. The summed E-state index contributed by atoms with van der Waals surface area (Å²) in [7, 11) is 0. The van der Waals surface area contributed by atoms with Crippen molar-refractivity contribution < 1.29 is 50.0 Å². The lowest BCUT2D eigenvalue weighted by atomic mass is 9.93. The Kier molecular flexibility index (Phi) is 9.25. The van der Waals surface area contributed by atoms with E-state index in [2.05, 4.69) is 23.9 Å². The van der Waals surface area contributed by atoms with E-state index in [4.69, 9.17) is 15.0 Å². The van der Waals surface area contributed by atoms with Crippen molar-refractivity contribution in [3.8, 4) is 46.0 Å². The third kappa shape index (κ3) is 7.03. The average Bonchev–Trinajstić information content (AvgIpc) is 2.89. The number of aromatic hydroxyl groups is 7. The predicted molar refractivity (Wildman–Crippen MR) is 141 cm³/mol. The molecule has 7 N–H and O–H groups in total. The minimum absolute atomic E-state index is 0.0461. The van der Waals surface area contributed by atoms with Crippen LogP contribution in [0.3, 0.4) is 0 Å². The van der Waals surface area contributed by atoms with Crippen molar-refractivity contribution in [3.05, 3.63) is 69.6 Å². The standard InChI is InChI=1S/C22H18O10.C5H11N3/c23-11-6-14(25)12-8-19(32-22(30)10-4-16(27)20(29)17(28)5-10)21(31-18(12)7-11)9-1-2-13(24)15(26)3-9;1-5(2)3-4-7-8-6/h1-7,19,21,23-29H,8H2;5H,3-4H2,1-2H3/t19-,21-;/m1./s1. The first-order chi connectivity index (χ1) is 18.9. The number of nitrogens with zero attached hydrogens (tertiary/aromatic N) is 3. The lowest BCUT2D eigenvalue weighted by Crippen LogP contribution is -2.34. The number of esters is 1. The largest absolute Gasteiger partial charge is 0.508 e. The summed E-state index contributed by atoms with van der Waals surface area (Å²) in [5.41, 5.74) is 8.16. The van der Waals surface area contributed by atoms with E-state index in [9.17, 15) is 40.5 Å². The van der Waals surface area contributed by atoms with E-state index in [1.807, 2.05) is 0 Å². The van der Waals surface area contributed by atoms with E-state index in [1.54, 1.807) is 0 Å². The number of benzene rings is 3. The molecule has 0 saturated carbocycles. The summed E-state index contributed by atoms with van der Waals surface area (Å²) in [6.45, 7) is 4.84. The summed E-state index contributed by atoms with van der Waals surface area (Å²) in [5, 5.41) is 71.6. The molecule has 0 amide bonds. The van der Waals surface area contributed by atoms with Crippen molar-refractivity contribution in [2.24, 2.45) is 11.0 Å². The highest BCUT2D eigenvalue weighted by Crippen LogP contribution is 2.44. The van der Waals surface area contributed by atoms with Crippen LogP contribution in [0, 0.1) is 5.92 Å². The first-order valence-corrected chi connectivity index (χ1v) is 12.1. The van der Waals surface area contributed by atoms with Gasteiger partial charge in [-0.1, -0.05) is 25.0 Å². The number of carbonyl (C=O) groups is 1. The maximum Gasteiger partial charge on any atom is 0.338 e. The van der Waals surface area contributed by atoms with E-state index >= 15 is 0 Å². The van der Waals surface area contributed by atoms with Crippen molar-refractivity contribution in [2.75, 3.05) is 6.54 Å². The summed E-state index contributed by atoms with van der Waals surface area (Å²) in [5.74, 6) is -3.79. The number of rotatable bonds is 6. The maximum atomic E-state index is 12.7. The van der Waals surface area contributed by atoms with Gasteiger partial charge in [0.2, 0.25) is 0 Å². The molecule has 13 heteroatoms. The lowest BCUT2D eigenvalue weighted by molar-refractivity contribution is -0.0189. The number of fused-ring (bicyclic) bond motifs is 1. The molecule has 0 spiro atoms. The first-order valence-electron chi connectivity index (χ1n) is 12.1. The molecule has 0 bridgehead atoms. The van der Waals surface area contributed by atoms with Crippen molar-refractivity contribution >= 4 is 5.97 Å². The van der Waals surface area contributed by atoms with Gasteiger partial charge in [-0.25, -0.2) is 4.79 Å². The second kappa shape index (κ2) is 12.6. The molecule has 0 saturated heterocycles. The first kappa shape index (κ1) is 29.4. The van der Waals surface area contributed by atoms with E-state index in [0.29, 0.717) is 18.0 Å². The van der Waals surface area contributed by atoms with Gasteiger partial charge in [0.25, 0.3) is 0 Å². The summed E-state index contributed by atoms with van der Waals surface area (Å²) >= 11 is 0.